The summed E-state index contributed by atoms with van der Waals surface area (Å²) in [5.41, 5.74) is 1.60. The molecule has 0 aliphatic rings. The van der Waals surface area contributed by atoms with Crippen LogP contribution in [0.15, 0.2) is 34.2 Å². The molecule has 0 spiro atoms. The summed E-state index contributed by atoms with van der Waals surface area (Å²) in [5.74, 6) is 0.436. The zero-order chi connectivity index (χ0) is 21.8. The van der Waals surface area contributed by atoms with E-state index in [9.17, 15) is 9.59 Å². The van der Waals surface area contributed by atoms with E-state index >= 15 is 0 Å². The van der Waals surface area contributed by atoms with Gasteiger partial charge in [0.2, 0.25) is 5.91 Å². The van der Waals surface area contributed by atoms with Crippen LogP contribution in [0.4, 0.5) is 5.69 Å². The molecule has 6 nitrogen and oxygen atoms in total. The number of fused-ring (bicyclic) bond motifs is 1. The summed E-state index contributed by atoms with van der Waals surface area (Å²) in [6, 6.07) is 7.29. The number of aromatic nitrogens is 2. The molecule has 1 atom stereocenters. The number of ether oxygens (including phenoxy) is 1. The first kappa shape index (κ1) is 22.4. The molecular formula is C22H27N3O3S2. The molecule has 3 rings (SSSR count). The lowest BCUT2D eigenvalue weighted by atomic mass is 10.2. The van der Waals surface area contributed by atoms with Crippen LogP contribution < -0.4 is 15.6 Å². The molecule has 0 unspecified atom stereocenters. The van der Waals surface area contributed by atoms with Crippen LogP contribution in [0.25, 0.3) is 10.2 Å². The highest BCUT2D eigenvalue weighted by molar-refractivity contribution is 8.00. The molecule has 2 aromatic heterocycles. The van der Waals surface area contributed by atoms with Crippen LogP contribution in [-0.2, 0) is 11.3 Å². The minimum Gasteiger partial charge on any atom is -0.495 e. The number of thioether (sulfide) groups is 1. The number of nitrogens with one attached hydrogen (secondary N) is 1. The maximum atomic E-state index is 13.2. The van der Waals surface area contributed by atoms with Gasteiger partial charge in [-0.15, -0.1) is 11.3 Å². The molecule has 1 amide bonds. The first-order valence-corrected chi connectivity index (χ1v) is 11.7. The predicted molar refractivity (Wildman–Crippen MR) is 125 cm³/mol. The molecule has 0 aliphatic heterocycles. The van der Waals surface area contributed by atoms with E-state index < -0.39 is 5.25 Å². The van der Waals surface area contributed by atoms with Crippen LogP contribution in [0, 0.1) is 13.8 Å². The van der Waals surface area contributed by atoms with E-state index in [2.05, 4.69) is 12.2 Å². The second-order valence-electron chi connectivity index (χ2n) is 7.12. The average molecular weight is 446 g/mol. The highest BCUT2D eigenvalue weighted by Gasteiger charge is 2.22. The monoisotopic (exact) mass is 445 g/mol. The van der Waals surface area contributed by atoms with Gasteiger partial charge in [0.05, 0.1) is 23.4 Å². The molecule has 30 heavy (non-hydrogen) atoms. The molecular weight excluding hydrogens is 418 g/mol. The summed E-state index contributed by atoms with van der Waals surface area (Å²) in [6.07, 6.45) is 1.85. The maximum Gasteiger partial charge on any atom is 0.263 e. The van der Waals surface area contributed by atoms with Crippen LogP contribution in [0.1, 0.15) is 37.1 Å². The van der Waals surface area contributed by atoms with Crippen LogP contribution in [-0.4, -0.2) is 27.8 Å². The van der Waals surface area contributed by atoms with E-state index in [1.54, 1.807) is 23.8 Å². The van der Waals surface area contributed by atoms with Gasteiger partial charge in [-0.2, -0.15) is 0 Å². The van der Waals surface area contributed by atoms with Crippen molar-refractivity contribution in [1.29, 1.82) is 0 Å². The number of carbonyl (C=O) groups excluding carboxylic acids is 1. The largest absolute Gasteiger partial charge is 0.495 e. The van der Waals surface area contributed by atoms with Gasteiger partial charge in [-0.25, -0.2) is 4.98 Å². The zero-order valence-electron chi connectivity index (χ0n) is 17.9. The molecule has 0 aliphatic carbocycles. The number of rotatable bonds is 8. The lowest BCUT2D eigenvalue weighted by molar-refractivity contribution is -0.115. The van der Waals surface area contributed by atoms with Crippen molar-refractivity contribution in [3.8, 4) is 5.75 Å². The van der Waals surface area contributed by atoms with Crippen molar-refractivity contribution >= 4 is 44.9 Å². The van der Waals surface area contributed by atoms with Crippen molar-refractivity contribution in [1.82, 2.24) is 9.55 Å². The quantitative estimate of drug-likeness (QED) is 0.390. The van der Waals surface area contributed by atoms with E-state index in [0.29, 0.717) is 28.5 Å². The third-order valence-electron chi connectivity index (χ3n) is 5.01. The SMILES string of the molecule is CCCCn1c(S[C@H](C)C(=O)Nc2ccccc2OC)nc2sc(C)c(C)c2c1=O. The van der Waals surface area contributed by atoms with Crippen LogP contribution in [0.3, 0.4) is 0 Å². The number of anilines is 1. The third kappa shape index (κ3) is 4.54. The molecule has 8 heteroatoms. The van der Waals surface area contributed by atoms with Gasteiger partial charge in [-0.1, -0.05) is 37.2 Å². The normalized spacial score (nSPS) is 12.2. The Morgan fingerprint density at radius 3 is 2.77 bits per heavy atom. The third-order valence-corrected chi connectivity index (χ3v) is 7.20. The van der Waals surface area contributed by atoms with Crippen LogP contribution >= 0.6 is 23.1 Å². The molecule has 3 aromatic rings. The number of methoxy groups -OCH3 is 1. The van der Waals surface area contributed by atoms with E-state index in [1.807, 2.05) is 32.9 Å². The van der Waals surface area contributed by atoms with Gasteiger partial charge in [-0.05, 0) is 44.9 Å². The van der Waals surface area contributed by atoms with Crippen molar-refractivity contribution < 1.29 is 9.53 Å². The van der Waals surface area contributed by atoms with Gasteiger partial charge in [0.1, 0.15) is 10.6 Å². The maximum absolute atomic E-state index is 13.2. The summed E-state index contributed by atoms with van der Waals surface area (Å²) < 4.78 is 7.03. The van der Waals surface area contributed by atoms with Gasteiger partial charge < -0.3 is 10.1 Å². The molecule has 0 bridgehead atoms. The Kier molecular flexibility index (Phi) is 7.20. The molecule has 1 aromatic carbocycles. The number of carbonyl (C=O) groups is 1. The number of unbranched alkanes of at least 4 members (excludes halogenated alkanes) is 1. The number of aryl methyl sites for hydroxylation is 2. The number of para-hydroxylation sites is 2. The standard InChI is InChI=1S/C22H27N3O3S2/c1-6-7-12-25-21(27)18-13(2)14(3)29-20(18)24-22(25)30-15(4)19(26)23-16-10-8-9-11-17(16)28-5/h8-11,15H,6-7,12H2,1-5H3,(H,23,26)/t15-/m1/s1. The number of amides is 1. The number of thiophene rings is 1. The summed E-state index contributed by atoms with van der Waals surface area (Å²) in [4.78, 5) is 32.6. The minimum atomic E-state index is -0.436. The lowest BCUT2D eigenvalue weighted by Gasteiger charge is -2.16. The smallest absolute Gasteiger partial charge is 0.263 e. The highest BCUT2D eigenvalue weighted by atomic mass is 32.2. The Balaban J connectivity index is 1.91. The van der Waals surface area contributed by atoms with Gasteiger partial charge >= 0.3 is 0 Å². The Labute approximate surface area is 184 Å². The Morgan fingerprint density at radius 2 is 2.07 bits per heavy atom. The van der Waals surface area contributed by atoms with Crippen molar-refractivity contribution in [2.45, 2.75) is 57.5 Å². The molecule has 160 valence electrons. The molecule has 0 saturated carbocycles. The number of hydrogen-bond acceptors (Lipinski definition) is 6. The predicted octanol–water partition coefficient (Wildman–Crippen LogP) is 5.00. The van der Waals surface area contributed by atoms with Crippen molar-refractivity contribution in [2.75, 3.05) is 12.4 Å². The zero-order valence-corrected chi connectivity index (χ0v) is 19.6. The van der Waals surface area contributed by atoms with Crippen molar-refractivity contribution in [3.05, 3.63) is 45.1 Å². The van der Waals surface area contributed by atoms with E-state index in [-0.39, 0.29) is 11.5 Å². The number of hydrogen-bond donors (Lipinski definition) is 1. The fourth-order valence-corrected chi connectivity index (χ4v) is 5.11. The molecule has 0 radical (unpaired) electrons. The first-order valence-electron chi connectivity index (χ1n) is 9.98. The summed E-state index contributed by atoms with van der Waals surface area (Å²) in [6.45, 7) is 8.48. The highest BCUT2D eigenvalue weighted by Crippen LogP contribution is 2.31. The van der Waals surface area contributed by atoms with Gasteiger partial charge in [0.15, 0.2) is 5.16 Å². The topological polar surface area (TPSA) is 73.2 Å². The van der Waals surface area contributed by atoms with Crippen LogP contribution in [0.5, 0.6) is 5.75 Å². The van der Waals surface area contributed by atoms with E-state index in [1.165, 1.54) is 23.1 Å². The Morgan fingerprint density at radius 1 is 1.33 bits per heavy atom. The molecule has 2 heterocycles. The Hall–Kier alpha value is -2.32. The minimum absolute atomic E-state index is 0.0184. The second kappa shape index (κ2) is 9.66. The summed E-state index contributed by atoms with van der Waals surface area (Å²) in [7, 11) is 1.57. The average Bonchev–Trinajstić information content (AvgIpc) is 3.01. The van der Waals surface area contributed by atoms with Crippen LogP contribution in [0.2, 0.25) is 0 Å². The molecule has 0 fully saturated rings. The second-order valence-corrected chi connectivity index (χ2v) is 9.63. The summed E-state index contributed by atoms with van der Waals surface area (Å²) >= 11 is 2.84. The van der Waals surface area contributed by atoms with Gasteiger partial charge in [-0.3, -0.25) is 14.2 Å². The fraction of sp³-hybridized carbons (Fsp3) is 0.409. The van der Waals surface area contributed by atoms with Gasteiger partial charge in [0, 0.05) is 11.4 Å². The number of benzene rings is 1. The Bertz CT molecular complexity index is 1120. The lowest BCUT2D eigenvalue weighted by Crippen LogP contribution is -2.27. The number of nitrogens with zero attached hydrogens (tertiary/aromatic N) is 2. The van der Waals surface area contributed by atoms with E-state index in [4.69, 9.17) is 9.72 Å². The van der Waals surface area contributed by atoms with Gasteiger partial charge in [0.25, 0.3) is 5.56 Å². The first-order chi connectivity index (χ1) is 14.4. The van der Waals surface area contributed by atoms with E-state index in [0.717, 1.165) is 28.1 Å². The van der Waals surface area contributed by atoms with Crippen molar-refractivity contribution in [3.63, 3.8) is 0 Å². The fourth-order valence-electron chi connectivity index (χ4n) is 3.11. The molecule has 0 saturated heterocycles. The van der Waals surface area contributed by atoms with Crippen molar-refractivity contribution in [2.24, 2.45) is 0 Å². The summed E-state index contributed by atoms with van der Waals surface area (Å²) in [5, 5.41) is 3.76. The molecule has 1 N–H and O–H groups in total.